The maximum Gasteiger partial charge on any atom is 0.261 e. The van der Waals surface area contributed by atoms with Gasteiger partial charge in [-0.25, -0.2) is 4.98 Å². The number of benzene rings is 1. The number of aromatic nitrogens is 2. The minimum Gasteiger partial charge on any atom is -0.493 e. The Balaban J connectivity index is 1.82. The standard InChI is InChI=1S/C17H15N3O3S/c1-22-13-8-5-6-11(15(13)23-2)16(21)20-17-19-10-14(24-17)12-7-3-4-9-18-12/h3-10H,1-2H3,(H,19,20,21). The van der Waals surface area contributed by atoms with E-state index in [9.17, 15) is 4.79 Å². The molecule has 0 radical (unpaired) electrons. The molecule has 0 saturated carbocycles. The Hall–Kier alpha value is -2.93. The van der Waals surface area contributed by atoms with Crippen molar-refractivity contribution in [1.82, 2.24) is 9.97 Å². The molecule has 0 aliphatic carbocycles. The number of methoxy groups -OCH3 is 2. The lowest BCUT2D eigenvalue weighted by Crippen LogP contribution is -2.13. The maximum atomic E-state index is 12.5. The zero-order valence-electron chi connectivity index (χ0n) is 13.1. The Morgan fingerprint density at radius 2 is 1.96 bits per heavy atom. The van der Waals surface area contributed by atoms with E-state index in [-0.39, 0.29) is 5.91 Å². The number of pyridine rings is 1. The highest BCUT2D eigenvalue weighted by atomic mass is 32.1. The fourth-order valence-corrected chi connectivity index (χ4v) is 2.98. The normalized spacial score (nSPS) is 10.2. The molecule has 1 aromatic carbocycles. The average molecular weight is 341 g/mol. The topological polar surface area (TPSA) is 73.3 Å². The Kier molecular flexibility index (Phi) is 4.72. The van der Waals surface area contributed by atoms with Crippen molar-refractivity contribution in [1.29, 1.82) is 0 Å². The number of para-hydroxylation sites is 1. The van der Waals surface area contributed by atoms with E-state index in [2.05, 4.69) is 15.3 Å². The second-order valence-electron chi connectivity index (χ2n) is 4.74. The van der Waals surface area contributed by atoms with Gasteiger partial charge >= 0.3 is 0 Å². The molecule has 6 nitrogen and oxygen atoms in total. The van der Waals surface area contributed by atoms with Crippen molar-refractivity contribution in [3.05, 3.63) is 54.4 Å². The molecule has 0 unspecified atom stereocenters. The number of anilines is 1. The summed E-state index contributed by atoms with van der Waals surface area (Å²) in [6.45, 7) is 0. The Morgan fingerprint density at radius 3 is 2.67 bits per heavy atom. The molecule has 0 spiro atoms. The third-order valence-corrected chi connectivity index (χ3v) is 4.23. The monoisotopic (exact) mass is 341 g/mol. The third-order valence-electron chi connectivity index (χ3n) is 3.29. The molecule has 2 heterocycles. The minimum absolute atomic E-state index is 0.312. The van der Waals surface area contributed by atoms with Crippen LogP contribution in [0.2, 0.25) is 0 Å². The number of hydrogen-bond donors (Lipinski definition) is 1. The summed E-state index contributed by atoms with van der Waals surface area (Å²) < 4.78 is 10.5. The highest BCUT2D eigenvalue weighted by molar-refractivity contribution is 7.19. The largest absolute Gasteiger partial charge is 0.493 e. The third kappa shape index (κ3) is 3.21. The summed E-state index contributed by atoms with van der Waals surface area (Å²) in [5.41, 5.74) is 1.20. The molecule has 122 valence electrons. The van der Waals surface area contributed by atoms with Gasteiger partial charge in [0.2, 0.25) is 0 Å². The van der Waals surface area contributed by atoms with Gasteiger partial charge in [-0.05, 0) is 24.3 Å². The molecule has 0 atom stereocenters. The number of carbonyl (C=O) groups excluding carboxylic acids is 1. The van der Waals surface area contributed by atoms with Crippen LogP contribution in [-0.4, -0.2) is 30.1 Å². The van der Waals surface area contributed by atoms with Crippen molar-refractivity contribution in [3.63, 3.8) is 0 Å². The first kappa shape index (κ1) is 15.9. The lowest BCUT2D eigenvalue weighted by molar-refractivity contribution is 0.102. The Labute approximate surface area is 143 Å². The smallest absolute Gasteiger partial charge is 0.261 e. The molecule has 2 aromatic heterocycles. The van der Waals surface area contributed by atoms with E-state index in [1.807, 2.05) is 18.2 Å². The number of amides is 1. The van der Waals surface area contributed by atoms with Crippen molar-refractivity contribution in [2.24, 2.45) is 0 Å². The van der Waals surface area contributed by atoms with E-state index in [1.54, 1.807) is 30.6 Å². The summed E-state index contributed by atoms with van der Waals surface area (Å²) in [6.07, 6.45) is 3.40. The maximum absolute atomic E-state index is 12.5. The van der Waals surface area contributed by atoms with Crippen LogP contribution in [0.25, 0.3) is 10.6 Å². The van der Waals surface area contributed by atoms with Crippen molar-refractivity contribution in [2.75, 3.05) is 19.5 Å². The minimum atomic E-state index is -0.312. The molecule has 0 aliphatic rings. The van der Waals surface area contributed by atoms with Gasteiger partial charge in [0.25, 0.3) is 5.91 Å². The molecule has 7 heteroatoms. The summed E-state index contributed by atoms with van der Waals surface area (Å²) in [4.78, 5) is 21.9. The van der Waals surface area contributed by atoms with Crippen molar-refractivity contribution < 1.29 is 14.3 Å². The van der Waals surface area contributed by atoms with Crippen LogP contribution in [-0.2, 0) is 0 Å². The molecule has 3 rings (SSSR count). The molecule has 0 aliphatic heterocycles. The van der Waals surface area contributed by atoms with Gasteiger partial charge < -0.3 is 9.47 Å². The average Bonchev–Trinajstić information content (AvgIpc) is 3.10. The van der Waals surface area contributed by atoms with Crippen molar-refractivity contribution in [2.45, 2.75) is 0 Å². The van der Waals surface area contributed by atoms with E-state index in [0.29, 0.717) is 22.2 Å². The summed E-state index contributed by atoms with van der Waals surface area (Å²) in [5, 5.41) is 3.27. The number of nitrogens with zero attached hydrogens (tertiary/aromatic N) is 2. The first-order valence-electron chi connectivity index (χ1n) is 7.12. The fourth-order valence-electron chi connectivity index (χ4n) is 2.19. The van der Waals surface area contributed by atoms with Gasteiger partial charge in [0.05, 0.1) is 30.4 Å². The Bertz CT molecular complexity index is 849. The molecule has 3 aromatic rings. The van der Waals surface area contributed by atoms with Gasteiger partial charge in [-0.2, -0.15) is 0 Å². The molecule has 24 heavy (non-hydrogen) atoms. The first-order chi connectivity index (χ1) is 11.7. The van der Waals surface area contributed by atoms with Crippen LogP contribution in [0.15, 0.2) is 48.8 Å². The molecular weight excluding hydrogens is 326 g/mol. The number of nitrogens with one attached hydrogen (secondary N) is 1. The molecular formula is C17H15N3O3S. The van der Waals surface area contributed by atoms with Crippen LogP contribution < -0.4 is 14.8 Å². The highest BCUT2D eigenvalue weighted by Crippen LogP contribution is 2.32. The summed E-state index contributed by atoms with van der Waals surface area (Å²) in [5.74, 6) is 0.574. The van der Waals surface area contributed by atoms with Gasteiger partial charge in [-0.1, -0.05) is 23.5 Å². The van der Waals surface area contributed by atoms with Crippen LogP contribution in [0.5, 0.6) is 11.5 Å². The van der Waals surface area contributed by atoms with E-state index in [0.717, 1.165) is 10.6 Å². The van der Waals surface area contributed by atoms with Crippen molar-refractivity contribution in [3.8, 4) is 22.1 Å². The van der Waals surface area contributed by atoms with Crippen LogP contribution in [0.3, 0.4) is 0 Å². The van der Waals surface area contributed by atoms with Crippen LogP contribution in [0.4, 0.5) is 5.13 Å². The molecule has 0 saturated heterocycles. The Morgan fingerprint density at radius 1 is 1.08 bits per heavy atom. The van der Waals surface area contributed by atoms with E-state index >= 15 is 0 Å². The SMILES string of the molecule is COc1cccc(C(=O)Nc2ncc(-c3ccccn3)s2)c1OC. The summed E-state index contributed by atoms with van der Waals surface area (Å²) in [6, 6.07) is 10.8. The van der Waals surface area contributed by atoms with Gasteiger partial charge in [-0.15, -0.1) is 0 Å². The molecule has 0 fully saturated rings. The summed E-state index contributed by atoms with van der Waals surface area (Å²) in [7, 11) is 3.02. The number of thiazole rings is 1. The van der Waals surface area contributed by atoms with Crippen LogP contribution in [0, 0.1) is 0 Å². The lowest BCUT2D eigenvalue weighted by atomic mass is 10.1. The first-order valence-corrected chi connectivity index (χ1v) is 7.94. The number of hydrogen-bond acceptors (Lipinski definition) is 6. The van der Waals surface area contributed by atoms with E-state index in [4.69, 9.17) is 9.47 Å². The summed E-state index contributed by atoms with van der Waals surface area (Å²) >= 11 is 1.35. The fraction of sp³-hybridized carbons (Fsp3) is 0.118. The van der Waals surface area contributed by atoms with E-state index in [1.165, 1.54) is 25.6 Å². The highest BCUT2D eigenvalue weighted by Gasteiger charge is 2.17. The van der Waals surface area contributed by atoms with E-state index < -0.39 is 0 Å². The molecule has 1 amide bonds. The molecule has 1 N–H and O–H groups in total. The van der Waals surface area contributed by atoms with Gasteiger partial charge in [0.15, 0.2) is 16.6 Å². The van der Waals surface area contributed by atoms with Crippen LogP contribution in [0.1, 0.15) is 10.4 Å². The number of ether oxygens (including phenoxy) is 2. The zero-order valence-corrected chi connectivity index (χ0v) is 14.0. The molecule has 0 bridgehead atoms. The van der Waals surface area contributed by atoms with Crippen LogP contribution >= 0.6 is 11.3 Å². The second kappa shape index (κ2) is 7.10. The number of carbonyl (C=O) groups is 1. The predicted octanol–water partition coefficient (Wildman–Crippen LogP) is 3.47. The second-order valence-corrected chi connectivity index (χ2v) is 5.77. The van der Waals surface area contributed by atoms with Gasteiger partial charge in [0, 0.05) is 12.4 Å². The quantitative estimate of drug-likeness (QED) is 0.769. The number of rotatable bonds is 5. The van der Waals surface area contributed by atoms with Gasteiger partial charge in [0.1, 0.15) is 0 Å². The van der Waals surface area contributed by atoms with Crippen molar-refractivity contribution >= 4 is 22.4 Å². The van der Waals surface area contributed by atoms with Gasteiger partial charge in [-0.3, -0.25) is 15.1 Å². The lowest BCUT2D eigenvalue weighted by Gasteiger charge is -2.11. The predicted molar refractivity (Wildman–Crippen MR) is 92.8 cm³/mol. The zero-order chi connectivity index (χ0) is 16.9.